The van der Waals surface area contributed by atoms with Gasteiger partial charge < -0.3 is 20.5 Å². The summed E-state index contributed by atoms with van der Waals surface area (Å²) in [7, 11) is 0. The molecule has 1 saturated carbocycles. The van der Waals surface area contributed by atoms with Crippen molar-refractivity contribution in [2.24, 2.45) is 11.8 Å². The van der Waals surface area contributed by atoms with E-state index in [4.69, 9.17) is 4.74 Å². The number of hydrogen-bond acceptors (Lipinski definition) is 4. The van der Waals surface area contributed by atoms with E-state index in [1.54, 1.807) is 0 Å². The summed E-state index contributed by atoms with van der Waals surface area (Å²) in [6.07, 6.45) is 6.25. The van der Waals surface area contributed by atoms with Gasteiger partial charge in [0.15, 0.2) is 0 Å². The van der Waals surface area contributed by atoms with Crippen molar-refractivity contribution in [2.75, 3.05) is 6.61 Å². The number of hydrogen-bond donors (Lipinski definition) is 3. The normalized spacial score (nSPS) is 24.9. The van der Waals surface area contributed by atoms with Crippen LogP contribution < -0.4 is 10.6 Å². The number of nitrogens with one attached hydrogen (secondary N) is 2. The first kappa shape index (κ1) is 23.1. The fourth-order valence-electron chi connectivity index (χ4n) is 5.72. The van der Waals surface area contributed by atoms with Gasteiger partial charge in [-0.05, 0) is 47.9 Å². The fourth-order valence-corrected chi connectivity index (χ4v) is 5.72. The number of carboxylic acids is 1. The number of aliphatic carboxylic acids is 1. The average Bonchev–Trinajstić information content (AvgIpc) is 3.45. The van der Waals surface area contributed by atoms with E-state index in [9.17, 15) is 19.5 Å². The van der Waals surface area contributed by atoms with Crippen LogP contribution in [0.25, 0.3) is 11.1 Å². The Labute approximate surface area is 204 Å². The fraction of sp³-hybridized carbons (Fsp3) is 0.393. The highest BCUT2D eigenvalue weighted by Crippen LogP contribution is 2.44. The number of carbonyl (C=O) groups is 3. The summed E-state index contributed by atoms with van der Waals surface area (Å²) >= 11 is 0. The van der Waals surface area contributed by atoms with Crippen LogP contribution in [0.4, 0.5) is 4.79 Å². The molecule has 2 aromatic rings. The van der Waals surface area contributed by atoms with Gasteiger partial charge in [0.25, 0.3) is 0 Å². The van der Waals surface area contributed by atoms with E-state index < -0.39 is 18.0 Å². The van der Waals surface area contributed by atoms with Gasteiger partial charge in [-0.2, -0.15) is 0 Å². The van der Waals surface area contributed by atoms with Gasteiger partial charge in [0.2, 0.25) is 5.91 Å². The Morgan fingerprint density at radius 2 is 1.63 bits per heavy atom. The molecular formula is C28H30N2O5. The summed E-state index contributed by atoms with van der Waals surface area (Å²) < 4.78 is 5.66. The molecule has 3 aliphatic rings. The second-order valence-electron chi connectivity index (χ2n) is 9.66. The quantitative estimate of drug-likeness (QED) is 0.544. The first-order valence-electron chi connectivity index (χ1n) is 12.3. The topological polar surface area (TPSA) is 105 Å². The van der Waals surface area contributed by atoms with E-state index in [1.165, 1.54) is 11.1 Å². The molecule has 35 heavy (non-hydrogen) atoms. The maximum absolute atomic E-state index is 12.9. The van der Waals surface area contributed by atoms with Crippen LogP contribution >= 0.6 is 0 Å². The predicted octanol–water partition coefficient (Wildman–Crippen LogP) is 4.23. The molecule has 4 atom stereocenters. The first-order valence-corrected chi connectivity index (χ1v) is 12.3. The minimum Gasteiger partial charge on any atom is -0.481 e. The lowest BCUT2D eigenvalue weighted by Crippen LogP contribution is -2.47. The zero-order valence-electron chi connectivity index (χ0n) is 19.5. The molecule has 2 amide bonds. The standard InChI is InChI=1S/C28H30N2O5/c31-26(29-18-8-5-7-17(15-18)27(32)33)23-13-6-14-25(23)30-28(34)35-16-24-21-11-3-1-9-19(21)20-10-2-4-12-22(20)24/h1-5,8-12,17-18,23-25H,6-7,13-16H2,(H,29,31)(H,30,34)(H,32,33)/t17-,18-,23-,25+/m1/s1. The van der Waals surface area contributed by atoms with E-state index in [0.29, 0.717) is 25.7 Å². The minimum absolute atomic E-state index is 0.0175. The molecule has 7 nitrogen and oxygen atoms in total. The highest BCUT2D eigenvalue weighted by Gasteiger charge is 2.36. The van der Waals surface area contributed by atoms with E-state index in [-0.39, 0.29) is 36.4 Å². The molecule has 2 aromatic carbocycles. The van der Waals surface area contributed by atoms with Crippen LogP contribution in [-0.4, -0.2) is 41.8 Å². The molecule has 0 unspecified atom stereocenters. The van der Waals surface area contributed by atoms with Crippen molar-refractivity contribution in [3.8, 4) is 11.1 Å². The molecule has 7 heteroatoms. The van der Waals surface area contributed by atoms with Crippen molar-refractivity contribution in [1.82, 2.24) is 10.6 Å². The van der Waals surface area contributed by atoms with E-state index in [0.717, 1.165) is 17.5 Å². The van der Waals surface area contributed by atoms with E-state index in [2.05, 4.69) is 34.9 Å². The molecule has 0 saturated heterocycles. The smallest absolute Gasteiger partial charge is 0.407 e. The van der Waals surface area contributed by atoms with Crippen LogP contribution in [0.3, 0.4) is 0 Å². The lowest BCUT2D eigenvalue weighted by atomic mass is 9.90. The Hall–Kier alpha value is -3.61. The van der Waals surface area contributed by atoms with Crippen molar-refractivity contribution in [3.63, 3.8) is 0 Å². The number of rotatable bonds is 6. The maximum atomic E-state index is 12.9. The van der Waals surface area contributed by atoms with Crippen LogP contribution in [0.15, 0.2) is 60.7 Å². The summed E-state index contributed by atoms with van der Waals surface area (Å²) in [5.74, 6) is -1.84. The Morgan fingerprint density at radius 3 is 2.31 bits per heavy atom. The summed E-state index contributed by atoms with van der Waals surface area (Å²) in [4.78, 5) is 37.0. The molecule has 5 rings (SSSR count). The Morgan fingerprint density at radius 1 is 0.943 bits per heavy atom. The van der Waals surface area contributed by atoms with Crippen LogP contribution in [0.2, 0.25) is 0 Å². The third-order valence-electron chi connectivity index (χ3n) is 7.50. The van der Waals surface area contributed by atoms with E-state index in [1.807, 2.05) is 36.4 Å². The van der Waals surface area contributed by atoms with Crippen molar-refractivity contribution in [3.05, 3.63) is 71.8 Å². The predicted molar refractivity (Wildman–Crippen MR) is 131 cm³/mol. The van der Waals surface area contributed by atoms with Crippen LogP contribution in [-0.2, 0) is 14.3 Å². The summed E-state index contributed by atoms with van der Waals surface area (Å²) in [5, 5.41) is 15.2. The molecule has 0 aromatic heterocycles. The number of alkyl carbamates (subject to hydrolysis) is 1. The second-order valence-corrected chi connectivity index (χ2v) is 9.66. The van der Waals surface area contributed by atoms with Crippen molar-refractivity contribution in [2.45, 2.75) is 50.1 Å². The van der Waals surface area contributed by atoms with Gasteiger partial charge in [-0.15, -0.1) is 0 Å². The molecular weight excluding hydrogens is 444 g/mol. The molecule has 3 N–H and O–H groups in total. The van der Waals surface area contributed by atoms with Crippen LogP contribution in [0.5, 0.6) is 0 Å². The maximum Gasteiger partial charge on any atom is 0.407 e. The van der Waals surface area contributed by atoms with Gasteiger partial charge in [0.05, 0.1) is 11.8 Å². The Bertz CT molecular complexity index is 1110. The Balaban J connectivity index is 1.17. The van der Waals surface area contributed by atoms with Gasteiger partial charge in [0.1, 0.15) is 6.61 Å². The first-order chi connectivity index (χ1) is 17.0. The van der Waals surface area contributed by atoms with Gasteiger partial charge in [0, 0.05) is 18.0 Å². The molecule has 0 aliphatic heterocycles. The number of fused-ring (bicyclic) bond motifs is 3. The van der Waals surface area contributed by atoms with Gasteiger partial charge in [-0.3, -0.25) is 9.59 Å². The number of amides is 2. The number of carboxylic acid groups (broad SMARTS) is 1. The molecule has 182 valence electrons. The number of ether oxygens (including phenoxy) is 1. The molecule has 0 spiro atoms. The molecule has 3 aliphatic carbocycles. The highest BCUT2D eigenvalue weighted by molar-refractivity contribution is 5.82. The van der Waals surface area contributed by atoms with E-state index >= 15 is 0 Å². The molecule has 0 heterocycles. The monoisotopic (exact) mass is 474 g/mol. The zero-order valence-corrected chi connectivity index (χ0v) is 19.5. The summed E-state index contributed by atoms with van der Waals surface area (Å²) in [6.45, 7) is 0.229. The SMILES string of the molecule is O=C(N[C@H]1CCC[C@H]1C(=O)N[C@@H]1C=CC[C@@H](C(=O)O)C1)OCC1c2ccccc2-c2ccccc21. The zero-order chi connectivity index (χ0) is 24.4. The van der Waals surface area contributed by atoms with Crippen LogP contribution in [0, 0.1) is 11.8 Å². The number of carbonyl (C=O) groups excluding carboxylic acids is 2. The third kappa shape index (κ3) is 4.81. The number of allylic oxidation sites excluding steroid dienone is 1. The van der Waals surface area contributed by atoms with Gasteiger partial charge in [-0.25, -0.2) is 4.79 Å². The van der Waals surface area contributed by atoms with Gasteiger partial charge >= 0.3 is 12.1 Å². The third-order valence-corrected chi connectivity index (χ3v) is 7.50. The average molecular weight is 475 g/mol. The molecule has 1 fully saturated rings. The largest absolute Gasteiger partial charge is 0.481 e. The summed E-state index contributed by atoms with van der Waals surface area (Å²) in [6, 6.07) is 15.8. The van der Waals surface area contributed by atoms with Crippen LogP contribution in [0.1, 0.15) is 49.1 Å². The minimum atomic E-state index is -0.843. The van der Waals surface area contributed by atoms with Crippen molar-refractivity contribution >= 4 is 18.0 Å². The van der Waals surface area contributed by atoms with Crippen molar-refractivity contribution < 1.29 is 24.2 Å². The lowest BCUT2D eigenvalue weighted by molar-refractivity contribution is -0.142. The molecule has 0 radical (unpaired) electrons. The number of benzene rings is 2. The van der Waals surface area contributed by atoms with Crippen molar-refractivity contribution in [1.29, 1.82) is 0 Å². The molecule has 0 bridgehead atoms. The van der Waals surface area contributed by atoms with Gasteiger partial charge in [-0.1, -0.05) is 67.1 Å². The Kier molecular flexibility index (Phi) is 6.57. The second kappa shape index (κ2) is 9.94. The highest BCUT2D eigenvalue weighted by atomic mass is 16.5. The lowest BCUT2D eigenvalue weighted by Gasteiger charge is -2.26. The summed E-state index contributed by atoms with van der Waals surface area (Å²) in [5.41, 5.74) is 4.65.